The van der Waals surface area contributed by atoms with Crippen molar-refractivity contribution < 1.29 is 28.6 Å². The molecule has 3 amide bonds. The molecule has 3 aromatic rings. The summed E-state index contributed by atoms with van der Waals surface area (Å²) in [5.74, 6) is 1.24. The van der Waals surface area contributed by atoms with Gasteiger partial charge in [-0.15, -0.1) is 0 Å². The van der Waals surface area contributed by atoms with Crippen LogP contribution in [0.2, 0.25) is 0 Å². The lowest BCUT2D eigenvalue weighted by atomic mass is 9.77. The first kappa shape index (κ1) is 34.1. The standard InChI is InChI=1S/C35H45N5O6/c1-34(2,3)46-33(43)39-16-14-28(35(4,5)22-39)26-12-13-29-27(31(26)36)18-24(20-37-29)40(15-9-17-41)32(42)38(6)21-23-10-11-25(44-7)19-30(23)45-8/h10-14,17-20H,9,15-16,21-22,36H2,1-8H3. The van der Waals surface area contributed by atoms with Gasteiger partial charge in [-0.2, -0.15) is 0 Å². The highest BCUT2D eigenvalue weighted by Crippen LogP contribution is 2.42. The summed E-state index contributed by atoms with van der Waals surface area (Å²) in [6, 6.07) is 10.8. The van der Waals surface area contributed by atoms with Gasteiger partial charge in [-0.25, -0.2) is 9.59 Å². The zero-order valence-electron chi connectivity index (χ0n) is 28.0. The summed E-state index contributed by atoms with van der Waals surface area (Å²) in [5.41, 5.74) is 10.2. The molecule has 0 saturated heterocycles. The number of aromatic nitrogens is 1. The molecule has 0 aliphatic carbocycles. The molecule has 246 valence electrons. The average molecular weight is 632 g/mol. The minimum absolute atomic E-state index is 0.147. The van der Waals surface area contributed by atoms with E-state index in [1.165, 1.54) is 4.90 Å². The Kier molecular flexibility index (Phi) is 10.1. The van der Waals surface area contributed by atoms with E-state index in [0.717, 1.165) is 23.0 Å². The van der Waals surface area contributed by atoms with Crippen LogP contribution in [0.5, 0.6) is 11.5 Å². The van der Waals surface area contributed by atoms with Gasteiger partial charge in [0.2, 0.25) is 0 Å². The molecule has 0 spiro atoms. The van der Waals surface area contributed by atoms with E-state index in [1.54, 1.807) is 43.3 Å². The number of pyridine rings is 1. The fourth-order valence-corrected chi connectivity index (χ4v) is 5.67. The molecule has 0 fully saturated rings. The topological polar surface area (TPSA) is 128 Å². The quantitative estimate of drug-likeness (QED) is 0.220. The first-order valence-electron chi connectivity index (χ1n) is 15.2. The lowest BCUT2D eigenvalue weighted by Gasteiger charge is -2.39. The molecule has 4 rings (SSSR count). The van der Waals surface area contributed by atoms with Crippen LogP contribution in [0.1, 0.15) is 52.2 Å². The van der Waals surface area contributed by atoms with Gasteiger partial charge in [0.15, 0.2) is 0 Å². The van der Waals surface area contributed by atoms with E-state index in [-0.39, 0.29) is 31.6 Å². The summed E-state index contributed by atoms with van der Waals surface area (Å²) in [7, 11) is 4.84. The van der Waals surface area contributed by atoms with Crippen LogP contribution < -0.4 is 20.1 Å². The predicted molar refractivity (Wildman–Crippen MR) is 180 cm³/mol. The Bertz CT molecular complexity index is 1640. The van der Waals surface area contributed by atoms with E-state index in [1.807, 2.05) is 57.2 Å². The van der Waals surface area contributed by atoms with Crippen LogP contribution in [0.15, 0.2) is 48.7 Å². The van der Waals surface area contributed by atoms with Crippen molar-refractivity contribution >= 4 is 46.3 Å². The number of benzene rings is 2. The third-order valence-electron chi connectivity index (χ3n) is 7.91. The number of ether oxygens (including phenoxy) is 3. The Balaban J connectivity index is 1.66. The van der Waals surface area contributed by atoms with Gasteiger partial charge in [-0.05, 0) is 50.6 Å². The van der Waals surface area contributed by atoms with Crippen LogP contribution in [0.3, 0.4) is 0 Å². The Morgan fingerprint density at radius 2 is 1.85 bits per heavy atom. The van der Waals surface area contributed by atoms with Crippen molar-refractivity contribution in [3.8, 4) is 11.5 Å². The molecule has 11 heteroatoms. The second-order valence-corrected chi connectivity index (χ2v) is 13.1. The number of methoxy groups -OCH3 is 2. The number of rotatable bonds is 9. The van der Waals surface area contributed by atoms with Gasteiger partial charge in [-0.3, -0.25) is 9.88 Å². The van der Waals surface area contributed by atoms with Crippen LogP contribution >= 0.6 is 0 Å². The first-order valence-corrected chi connectivity index (χ1v) is 15.2. The highest BCUT2D eigenvalue weighted by Gasteiger charge is 2.35. The number of fused-ring (bicyclic) bond motifs is 1. The third-order valence-corrected chi connectivity index (χ3v) is 7.91. The molecular weight excluding hydrogens is 586 g/mol. The maximum Gasteiger partial charge on any atom is 0.410 e. The van der Waals surface area contributed by atoms with Gasteiger partial charge >= 0.3 is 12.1 Å². The van der Waals surface area contributed by atoms with Gasteiger partial charge in [-0.1, -0.05) is 26.0 Å². The van der Waals surface area contributed by atoms with Gasteiger partial charge in [0, 0.05) is 66.8 Å². The number of nitrogens with two attached hydrogens (primary N) is 1. The van der Waals surface area contributed by atoms with Crippen molar-refractivity contribution in [2.24, 2.45) is 5.41 Å². The number of nitrogen functional groups attached to an aromatic ring is 1. The molecule has 1 aromatic heterocycles. The molecule has 0 saturated carbocycles. The summed E-state index contributed by atoms with van der Waals surface area (Å²) in [6.07, 6.45) is 4.21. The fourth-order valence-electron chi connectivity index (χ4n) is 5.67. The Hall–Kier alpha value is -4.80. The summed E-state index contributed by atoms with van der Waals surface area (Å²) in [4.78, 5) is 47.4. The van der Waals surface area contributed by atoms with E-state index in [2.05, 4.69) is 18.8 Å². The molecule has 2 heterocycles. The van der Waals surface area contributed by atoms with E-state index in [9.17, 15) is 14.4 Å². The minimum Gasteiger partial charge on any atom is -0.497 e. The largest absolute Gasteiger partial charge is 0.497 e. The second kappa shape index (κ2) is 13.7. The lowest BCUT2D eigenvalue weighted by Crippen LogP contribution is -2.45. The molecule has 1 aliphatic heterocycles. The SMILES string of the molecule is COc1ccc(CN(C)C(=O)N(CCC=O)c2cnc3ccc(C4=CCN(C(=O)OC(C)(C)C)CC4(C)C)c(N)c3c2)c(OC)c1. The zero-order valence-corrected chi connectivity index (χ0v) is 28.0. The van der Waals surface area contributed by atoms with Crippen LogP contribution in [-0.2, 0) is 16.1 Å². The van der Waals surface area contributed by atoms with Gasteiger partial charge in [0.25, 0.3) is 0 Å². The van der Waals surface area contributed by atoms with E-state index >= 15 is 0 Å². The Morgan fingerprint density at radius 3 is 2.48 bits per heavy atom. The lowest BCUT2D eigenvalue weighted by molar-refractivity contribution is -0.107. The minimum atomic E-state index is -0.586. The van der Waals surface area contributed by atoms with Crippen molar-refractivity contribution in [1.82, 2.24) is 14.8 Å². The van der Waals surface area contributed by atoms with Crippen LogP contribution in [0.4, 0.5) is 21.0 Å². The number of aldehydes is 1. The number of hydrogen-bond donors (Lipinski definition) is 1. The van der Waals surface area contributed by atoms with Crippen molar-refractivity contribution in [3.63, 3.8) is 0 Å². The number of amides is 3. The second-order valence-electron chi connectivity index (χ2n) is 13.1. The van der Waals surface area contributed by atoms with Crippen LogP contribution in [0, 0.1) is 5.41 Å². The van der Waals surface area contributed by atoms with Crippen molar-refractivity contribution in [2.45, 2.75) is 53.2 Å². The fraction of sp³-hybridized carbons (Fsp3) is 0.429. The maximum atomic E-state index is 13.8. The van der Waals surface area contributed by atoms with Gasteiger partial charge in [0.05, 0.1) is 38.2 Å². The highest BCUT2D eigenvalue weighted by atomic mass is 16.6. The summed E-state index contributed by atoms with van der Waals surface area (Å²) < 4.78 is 16.4. The molecule has 1 aliphatic rings. The molecule has 0 unspecified atom stereocenters. The molecule has 2 N–H and O–H groups in total. The molecule has 11 nitrogen and oxygen atoms in total. The Labute approximate surface area is 270 Å². The third kappa shape index (κ3) is 7.52. The van der Waals surface area contributed by atoms with Crippen molar-refractivity contribution in [1.29, 1.82) is 0 Å². The first-order chi connectivity index (χ1) is 21.7. The normalized spacial score (nSPS) is 14.3. The summed E-state index contributed by atoms with van der Waals surface area (Å²) >= 11 is 0. The van der Waals surface area contributed by atoms with Gasteiger partial charge < -0.3 is 34.5 Å². The van der Waals surface area contributed by atoms with Crippen molar-refractivity contribution in [2.75, 3.05) is 51.5 Å². The zero-order chi connectivity index (χ0) is 33.8. The summed E-state index contributed by atoms with van der Waals surface area (Å²) in [5, 5.41) is 0.685. The molecule has 0 atom stereocenters. The predicted octanol–water partition coefficient (Wildman–Crippen LogP) is 6.14. The van der Waals surface area contributed by atoms with Crippen molar-refractivity contribution in [3.05, 3.63) is 59.8 Å². The summed E-state index contributed by atoms with van der Waals surface area (Å²) in [6.45, 7) is 11.0. The highest BCUT2D eigenvalue weighted by molar-refractivity contribution is 6.01. The maximum absolute atomic E-state index is 13.8. The van der Waals surface area contributed by atoms with Gasteiger partial charge in [0.1, 0.15) is 23.4 Å². The number of carbonyl (C=O) groups is 3. The van der Waals surface area contributed by atoms with Crippen LogP contribution in [-0.4, -0.2) is 79.7 Å². The van der Waals surface area contributed by atoms with Crippen LogP contribution in [0.25, 0.3) is 16.5 Å². The molecule has 0 radical (unpaired) electrons. The molecular formula is C35H45N5O6. The number of urea groups is 1. The monoisotopic (exact) mass is 631 g/mol. The number of hydrogen-bond acceptors (Lipinski definition) is 8. The average Bonchev–Trinajstić information content (AvgIpc) is 3.00. The van der Waals surface area contributed by atoms with E-state index in [0.29, 0.717) is 46.9 Å². The van der Waals surface area contributed by atoms with E-state index in [4.69, 9.17) is 19.9 Å². The smallest absolute Gasteiger partial charge is 0.410 e. The number of nitrogens with zero attached hydrogens (tertiary/aromatic N) is 4. The molecule has 0 bridgehead atoms. The van der Waals surface area contributed by atoms with E-state index < -0.39 is 11.0 Å². The number of anilines is 2. The molecule has 2 aromatic carbocycles. The number of carbonyl (C=O) groups excluding carboxylic acids is 3. The molecule has 46 heavy (non-hydrogen) atoms. The Morgan fingerprint density at radius 1 is 1.11 bits per heavy atom.